The molecule has 0 heterocycles. The summed E-state index contributed by atoms with van der Waals surface area (Å²) >= 11 is 0. The number of carbonyl (C=O) groups excluding carboxylic acids is 2. The minimum atomic E-state index is -1.83. The molecular formula is C27H55NO5. The molecule has 0 aliphatic rings. The molecule has 198 valence electrons. The van der Waals surface area contributed by atoms with E-state index in [1.165, 1.54) is 89.9 Å². The molecule has 6 heteroatoms. The Morgan fingerprint density at radius 3 is 1.33 bits per heavy atom. The largest absolute Gasteiger partial charge is 0.550 e. The quantitative estimate of drug-likeness (QED) is 0.176. The summed E-state index contributed by atoms with van der Waals surface area (Å²) in [7, 11) is 5.51. The predicted octanol–water partition coefficient (Wildman–Crippen LogP) is 4.35. The predicted molar refractivity (Wildman–Crippen MR) is 135 cm³/mol. The highest BCUT2D eigenvalue weighted by atomic mass is 16.4. The molecule has 1 atom stereocenters. The normalized spacial score (nSPS) is 13.4. The second-order valence-electron chi connectivity index (χ2n) is 10.9. The van der Waals surface area contributed by atoms with Crippen LogP contribution in [0.4, 0.5) is 0 Å². The van der Waals surface area contributed by atoms with Crippen molar-refractivity contribution >= 4 is 11.8 Å². The number of quaternary nitrogens is 1. The summed E-state index contributed by atoms with van der Waals surface area (Å²) in [6, 6.07) is 0. The number of carboxylic acid groups (broad SMARTS) is 1. The zero-order chi connectivity index (χ0) is 24.3. The van der Waals surface area contributed by atoms with Gasteiger partial charge < -0.3 is 25.0 Å². The summed E-state index contributed by atoms with van der Waals surface area (Å²) in [5, 5.41) is 21.6. The zero-order valence-corrected chi connectivity index (χ0v) is 22.3. The minimum Gasteiger partial charge on any atom is -0.550 e. The van der Waals surface area contributed by atoms with E-state index >= 15 is 0 Å². The van der Waals surface area contributed by atoms with Gasteiger partial charge in [0.25, 0.3) is 0 Å². The molecule has 0 saturated heterocycles. The standard InChI is InChI=1S/C27H53NO4.H2O/c1-5-6-7-8-9-10-11-12-13-14-15-16-17-18-19-20-21-22-25(29)27(32,23-26(30)31)24-28(2,3)4;/h32H,5-24H2,1-4H3;1H2. The van der Waals surface area contributed by atoms with Crippen LogP contribution in [0, 0.1) is 0 Å². The summed E-state index contributed by atoms with van der Waals surface area (Å²) in [4.78, 5) is 23.5. The lowest BCUT2D eigenvalue weighted by Crippen LogP contribution is -2.56. The van der Waals surface area contributed by atoms with Crippen LogP contribution >= 0.6 is 0 Å². The van der Waals surface area contributed by atoms with Crippen LogP contribution in [0.1, 0.15) is 129 Å². The van der Waals surface area contributed by atoms with E-state index in [9.17, 15) is 19.8 Å². The monoisotopic (exact) mass is 473 g/mol. The first-order valence-corrected chi connectivity index (χ1v) is 13.4. The van der Waals surface area contributed by atoms with E-state index in [-0.39, 0.29) is 24.2 Å². The van der Waals surface area contributed by atoms with Gasteiger partial charge in [0.2, 0.25) is 0 Å². The molecule has 33 heavy (non-hydrogen) atoms. The Balaban J connectivity index is 0. The van der Waals surface area contributed by atoms with Crippen LogP contribution in [0.5, 0.6) is 0 Å². The number of hydrogen-bond acceptors (Lipinski definition) is 4. The van der Waals surface area contributed by atoms with E-state index in [4.69, 9.17) is 0 Å². The van der Waals surface area contributed by atoms with Gasteiger partial charge in [-0.3, -0.25) is 4.79 Å². The molecule has 0 aromatic carbocycles. The van der Waals surface area contributed by atoms with Crippen molar-refractivity contribution in [3.63, 3.8) is 0 Å². The van der Waals surface area contributed by atoms with E-state index in [1.54, 1.807) is 0 Å². The number of unbranched alkanes of at least 4 members (excludes halogenated alkanes) is 16. The van der Waals surface area contributed by atoms with E-state index in [2.05, 4.69) is 6.92 Å². The van der Waals surface area contributed by atoms with Gasteiger partial charge in [-0.1, -0.05) is 110 Å². The molecule has 0 aliphatic heterocycles. The molecule has 0 radical (unpaired) electrons. The van der Waals surface area contributed by atoms with Crippen LogP contribution in [0.15, 0.2) is 0 Å². The number of carbonyl (C=O) groups is 2. The molecule has 1 unspecified atom stereocenters. The Kier molecular flexibility index (Phi) is 21.1. The molecule has 0 rings (SSSR count). The van der Waals surface area contributed by atoms with E-state index in [1.807, 2.05) is 21.1 Å². The Morgan fingerprint density at radius 1 is 0.697 bits per heavy atom. The number of aliphatic carboxylic acids is 1. The van der Waals surface area contributed by atoms with E-state index < -0.39 is 18.0 Å². The number of aliphatic hydroxyl groups is 1. The van der Waals surface area contributed by atoms with Crippen LogP contribution in [-0.4, -0.2) is 60.1 Å². The SMILES string of the molecule is CCCCCCCCCCCCCCCCCCCC(=O)C(O)(CC(=O)[O-])C[N+](C)(C)C.O. The number of ketones is 1. The van der Waals surface area contributed by atoms with Gasteiger partial charge in [0.1, 0.15) is 6.54 Å². The van der Waals surface area contributed by atoms with Crippen LogP contribution in [0.2, 0.25) is 0 Å². The molecule has 3 N–H and O–H groups in total. The van der Waals surface area contributed by atoms with Gasteiger partial charge >= 0.3 is 0 Å². The van der Waals surface area contributed by atoms with Crippen molar-refractivity contribution < 1.29 is 29.8 Å². The van der Waals surface area contributed by atoms with Crippen molar-refractivity contribution in [3.05, 3.63) is 0 Å². The van der Waals surface area contributed by atoms with Crippen molar-refractivity contribution in [2.24, 2.45) is 0 Å². The first-order chi connectivity index (χ1) is 15.1. The summed E-state index contributed by atoms with van der Waals surface area (Å²) in [6.45, 7) is 2.35. The van der Waals surface area contributed by atoms with Crippen molar-refractivity contribution in [2.75, 3.05) is 27.7 Å². The molecule has 0 aromatic rings. The second-order valence-corrected chi connectivity index (χ2v) is 10.9. The molecular weight excluding hydrogens is 418 g/mol. The minimum absolute atomic E-state index is 0. The summed E-state index contributed by atoms with van der Waals surface area (Å²) in [6.07, 6.45) is 21.3. The summed E-state index contributed by atoms with van der Waals surface area (Å²) < 4.78 is 0.328. The molecule has 0 aliphatic carbocycles. The fourth-order valence-corrected chi connectivity index (χ4v) is 4.51. The molecule has 0 aromatic heterocycles. The Hall–Kier alpha value is -0.980. The number of rotatable bonds is 23. The highest BCUT2D eigenvalue weighted by molar-refractivity contribution is 5.90. The Morgan fingerprint density at radius 2 is 1.03 bits per heavy atom. The van der Waals surface area contributed by atoms with E-state index in [0.29, 0.717) is 10.9 Å². The highest BCUT2D eigenvalue weighted by Crippen LogP contribution is 2.20. The van der Waals surface area contributed by atoms with E-state index in [0.717, 1.165) is 12.8 Å². The first-order valence-electron chi connectivity index (χ1n) is 13.4. The number of likely N-dealkylation sites (N-methyl/N-ethyl adjacent to an activating group) is 1. The zero-order valence-electron chi connectivity index (χ0n) is 22.3. The maximum Gasteiger partial charge on any atom is 0.177 e. The van der Waals surface area contributed by atoms with Gasteiger partial charge in [-0.05, 0) is 6.42 Å². The van der Waals surface area contributed by atoms with Gasteiger partial charge in [0, 0.05) is 18.8 Å². The lowest BCUT2D eigenvalue weighted by atomic mass is 9.89. The topological polar surface area (TPSA) is 109 Å². The smallest absolute Gasteiger partial charge is 0.177 e. The third-order valence-electron chi connectivity index (χ3n) is 6.20. The van der Waals surface area contributed by atoms with Crippen LogP contribution in [0.3, 0.4) is 0 Å². The maximum atomic E-state index is 12.5. The number of carboxylic acids is 1. The van der Waals surface area contributed by atoms with Crippen LogP contribution in [-0.2, 0) is 9.59 Å². The van der Waals surface area contributed by atoms with Crippen LogP contribution < -0.4 is 5.11 Å². The lowest BCUT2D eigenvalue weighted by molar-refractivity contribution is -0.875. The molecule has 0 saturated carbocycles. The summed E-state index contributed by atoms with van der Waals surface area (Å²) in [5.41, 5.74) is -1.83. The van der Waals surface area contributed by atoms with Crippen molar-refractivity contribution in [2.45, 2.75) is 135 Å². The average Bonchev–Trinajstić information content (AvgIpc) is 2.68. The maximum absolute atomic E-state index is 12.5. The van der Waals surface area contributed by atoms with Crippen LogP contribution in [0.25, 0.3) is 0 Å². The highest BCUT2D eigenvalue weighted by Gasteiger charge is 2.40. The van der Waals surface area contributed by atoms with Gasteiger partial charge in [-0.15, -0.1) is 0 Å². The van der Waals surface area contributed by atoms with Gasteiger partial charge in [0.15, 0.2) is 11.4 Å². The van der Waals surface area contributed by atoms with Gasteiger partial charge in [-0.2, -0.15) is 0 Å². The third-order valence-corrected chi connectivity index (χ3v) is 6.20. The molecule has 0 bridgehead atoms. The fourth-order valence-electron chi connectivity index (χ4n) is 4.51. The van der Waals surface area contributed by atoms with Gasteiger partial charge in [-0.25, -0.2) is 0 Å². The second kappa shape index (κ2) is 20.4. The third kappa shape index (κ3) is 21.3. The van der Waals surface area contributed by atoms with Crippen molar-refractivity contribution in [3.8, 4) is 0 Å². The Labute approximate surface area is 204 Å². The van der Waals surface area contributed by atoms with Crippen molar-refractivity contribution in [1.82, 2.24) is 0 Å². The first kappa shape index (κ1) is 34.2. The summed E-state index contributed by atoms with van der Waals surface area (Å²) in [5.74, 6) is -1.74. The lowest BCUT2D eigenvalue weighted by Gasteiger charge is -2.34. The number of Topliss-reactive ketones (excluding diaryl/α,β-unsaturated/α-hetero) is 1. The molecule has 0 spiro atoms. The number of hydrogen-bond donors (Lipinski definition) is 1. The fraction of sp³-hybridized carbons (Fsp3) is 0.926. The molecule has 0 fully saturated rings. The van der Waals surface area contributed by atoms with Gasteiger partial charge in [0.05, 0.1) is 21.1 Å². The molecule has 0 amide bonds. The van der Waals surface area contributed by atoms with Crippen molar-refractivity contribution in [1.29, 1.82) is 0 Å². The number of nitrogens with zero attached hydrogens (tertiary/aromatic N) is 1. The Bertz CT molecular complexity index is 489. The molecule has 6 nitrogen and oxygen atoms in total. The average molecular weight is 474 g/mol.